The number of likely N-dealkylation sites (tertiary alicyclic amines) is 1. The number of nitrogens with zero attached hydrogens (tertiary/aromatic N) is 2. The fourth-order valence-electron chi connectivity index (χ4n) is 3.27. The van der Waals surface area contributed by atoms with Crippen molar-refractivity contribution >= 4 is 11.7 Å². The molecule has 6 heteroatoms. The number of carbonyl (C=O) groups is 1. The topological polar surface area (TPSA) is 65.0 Å². The van der Waals surface area contributed by atoms with E-state index in [2.05, 4.69) is 10.2 Å². The van der Waals surface area contributed by atoms with Crippen LogP contribution < -0.4 is 10.1 Å². The molecule has 0 radical (unpaired) electrons. The minimum absolute atomic E-state index is 0.108. The summed E-state index contributed by atoms with van der Waals surface area (Å²) in [6.45, 7) is 4.77. The number of urea groups is 1. The van der Waals surface area contributed by atoms with Crippen molar-refractivity contribution in [2.45, 2.75) is 19.8 Å². The molecule has 134 valence electrons. The molecule has 0 saturated carbocycles. The Kier molecular flexibility index (Phi) is 6.45. The highest BCUT2D eigenvalue weighted by Gasteiger charge is 2.36. The smallest absolute Gasteiger partial charge is 0.321 e. The molecule has 6 nitrogen and oxygen atoms in total. The molecule has 1 heterocycles. The van der Waals surface area contributed by atoms with Gasteiger partial charge in [-0.05, 0) is 46.0 Å². The zero-order valence-corrected chi connectivity index (χ0v) is 14.9. The van der Waals surface area contributed by atoms with Crippen molar-refractivity contribution in [3.8, 4) is 5.75 Å². The molecule has 1 aliphatic heterocycles. The lowest BCUT2D eigenvalue weighted by Gasteiger charge is -2.42. The van der Waals surface area contributed by atoms with Gasteiger partial charge in [0.15, 0.2) is 0 Å². The van der Waals surface area contributed by atoms with Gasteiger partial charge in [-0.2, -0.15) is 0 Å². The second-order valence-electron chi connectivity index (χ2n) is 6.74. The molecule has 0 bridgehead atoms. The second kappa shape index (κ2) is 8.35. The van der Waals surface area contributed by atoms with Gasteiger partial charge in [-0.15, -0.1) is 0 Å². The van der Waals surface area contributed by atoms with Crippen LogP contribution in [0.2, 0.25) is 0 Å². The van der Waals surface area contributed by atoms with Gasteiger partial charge >= 0.3 is 6.03 Å². The van der Waals surface area contributed by atoms with E-state index >= 15 is 0 Å². The average molecular weight is 335 g/mol. The first-order valence-electron chi connectivity index (χ1n) is 8.53. The van der Waals surface area contributed by atoms with Crippen molar-refractivity contribution in [1.82, 2.24) is 9.80 Å². The first-order chi connectivity index (χ1) is 11.5. The van der Waals surface area contributed by atoms with Crippen LogP contribution in [0.4, 0.5) is 10.5 Å². The summed E-state index contributed by atoms with van der Waals surface area (Å²) in [5.74, 6) is 0.683. The van der Waals surface area contributed by atoms with Crippen LogP contribution in [0.15, 0.2) is 24.3 Å². The molecule has 2 amide bonds. The quantitative estimate of drug-likeness (QED) is 0.837. The molecule has 24 heavy (non-hydrogen) atoms. The minimum Gasteiger partial charge on any atom is -0.492 e. The monoisotopic (exact) mass is 335 g/mol. The third-order valence-corrected chi connectivity index (χ3v) is 4.53. The van der Waals surface area contributed by atoms with E-state index < -0.39 is 0 Å². The Labute approximate surface area is 144 Å². The van der Waals surface area contributed by atoms with E-state index in [1.54, 1.807) is 0 Å². The number of ether oxygens (including phenoxy) is 1. The SMILES string of the molecule is CCOc1ccccc1NC(=O)N1CCC(CO)(CN(C)C)CC1. The van der Waals surface area contributed by atoms with Crippen LogP contribution in [-0.4, -0.2) is 67.9 Å². The first kappa shape index (κ1) is 18.5. The van der Waals surface area contributed by atoms with Crippen molar-refractivity contribution in [3.05, 3.63) is 24.3 Å². The molecule has 1 aliphatic rings. The summed E-state index contributed by atoms with van der Waals surface area (Å²) in [5, 5.41) is 12.7. The van der Waals surface area contributed by atoms with Gasteiger partial charge in [0.25, 0.3) is 0 Å². The Hall–Kier alpha value is -1.79. The molecule has 1 aromatic carbocycles. The minimum atomic E-state index is -0.112. The zero-order valence-electron chi connectivity index (χ0n) is 14.9. The van der Waals surface area contributed by atoms with E-state index in [4.69, 9.17) is 4.74 Å². The van der Waals surface area contributed by atoms with Crippen LogP contribution in [0.5, 0.6) is 5.75 Å². The molecule has 2 N–H and O–H groups in total. The molecule has 1 fully saturated rings. The van der Waals surface area contributed by atoms with E-state index in [1.165, 1.54) is 0 Å². The van der Waals surface area contributed by atoms with E-state index in [-0.39, 0.29) is 18.1 Å². The lowest BCUT2D eigenvalue weighted by atomic mass is 9.79. The molecule has 0 aromatic heterocycles. The number of nitrogens with one attached hydrogen (secondary N) is 1. The van der Waals surface area contributed by atoms with Crippen LogP contribution in [0.1, 0.15) is 19.8 Å². The van der Waals surface area contributed by atoms with Gasteiger partial charge in [0.05, 0.1) is 18.9 Å². The van der Waals surface area contributed by atoms with E-state index in [1.807, 2.05) is 50.2 Å². The highest BCUT2D eigenvalue weighted by atomic mass is 16.5. The van der Waals surface area contributed by atoms with Crippen molar-refractivity contribution in [2.24, 2.45) is 5.41 Å². The molecular weight excluding hydrogens is 306 g/mol. The number of piperidine rings is 1. The standard InChI is InChI=1S/C18H29N3O3/c1-4-24-16-8-6-5-7-15(16)19-17(23)21-11-9-18(14-22,10-12-21)13-20(2)3/h5-8,22H,4,9-14H2,1-3H3,(H,19,23). The summed E-state index contributed by atoms with van der Waals surface area (Å²) in [7, 11) is 4.03. The Morgan fingerprint density at radius 1 is 1.33 bits per heavy atom. The van der Waals surface area contributed by atoms with Crippen molar-refractivity contribution < 1.29 is 14.6 Å². The number of anilines is 1. The van der Waals surface area contributed by atoms with Gasteiger partial charge in [-0.25, -0.2) is 4.79 Å². The van der Waals surface area contributed by atoms with Crippen molar-refractivity contribution in [3.63, 3.8) is 0 Å². The number of aliphatic hydroxyl groups excluding tert-OH is 1. The van der Waals surface area contributed by atoms with Gasteiger partial charge < -0.3 is 25.0 Å². The van der Waals surface area contributed by atoms with E-state index in [9.17, 15) is 9.90 Å². The van der Waals surface area contributed by atoms with Crippen LogP contribution in [0.25, 0.3) is 0 Å². The van der Waals surface area contributed by atoms with Crippen LogP contribution in [0.3, 0.4) is 0 Å². The summed E-state index contributed by atoms with van der Waals surface area (Å²) < 4.78 is 5.55. The summed E-state index contributed by atoms with van der Waals surface area (Å²) in [5.41, 5.74) is 0.584. The van der Waals surface area contributed by atoms with Gasteiger partial charge in [-0.1, -0.05) is 12.1 Å². The number of rotatable bonds is 6. The molecule has 2 rings (SSSR count). The molecule has 1 aromatic rings. The predicted molar refractivity (Wildman–Crippen MR) is 95.5 cm³/mol. The Morgan fingerprint density at radius 3 is 2.58 bits per heavy atom. The van der Waals surface area contributed by atoms with Gasteiger partial charge in [-0.3, -0.25) is 0 Å². The molecule has 0 unspecified atom stereocenters. The van der Waals surface area contributed by atoms with Gasteiger partial charge in [0, 0.05) is 25.0 Å². The van der Waals surface area contributed by atoms with Crippen LogP contribution in [-0.2, 0) is 0 Å². The number of aliphatic hydroxyl groups is 1. The number of amides is 2. The summed E-state index contributed by atoms with van der Waals surface area (Å²) in [6, 6.07) is 7.35. The van der Waals surface area contributed by atoms with E-state index in [0.29, 0.717) is 31.1 Å². The van der Waals surface area contributed by atoms with Gasteiger partial charge in [0.2, 0.25) is 0 Å². The number of hydrogen-bond acceptors (Lipinski definition) is 4. The summed E-state index contributed by atoms with van der Waals surface area (Å²) in [4.78, 5) is 16.4. The van der Waals surface area contributed by atoms with Gasteiger partial charge in [0.1, 0.15) is 5.75 Å². The average Bonchev–Trinajstić information content (AvgIpc) is 2.57. The highest BCUT2D eigenvalue weighted by molar-refractivity contribution is 5.91. The van der Waals surface area contributed by atoms with E-state index in [0.717, 1.165) is 19.4 Å². The summed E-state index contributed by atoms with van der Waals surface area (Å²) in [6.07, 6.45) is 1.62. The number of para-hydroxylation sites is 2. The Bertz CT molecular complexity index is 540. The molecular formula is C18H29N3O3. The Balaban J connectivity index is 1.96. The lowest BCUT2D eigenvalue weighted by Crippen LogP contribution is -2.49. The highest BCUT2D eigenvalue weighted by Crippen LogP contribution is 2.32. The van der Waals surface area contributed by atoms with Crippen molar-refractivity contribution in [2.75, 3.05) is 52.3 Å². The molecule has 0 atom stereocenters. The largest absolute Gasteiger partial charge is 0.492 e. The maximum atomic E-state index is 12.5. The fraction of sp³-hybridized carbons (Fsp3) is 0.611. The number of carbonyl (C=O) groups excluding carboxylic acids is 1. The normalized spacial score (nSPS) is 17.0. The maximum Gasteiger partial charge on any atom is 0.321 e. The fourth-order valence-corrected chi connectivity index (χ4v) is 3.27. The maximum absolute atomic E-state index is 12.5. The third kappa shape index (κ3) is 4.61. The molecule has 0 aliphatic carbocycles. The second-order valence-corrected chi connectivity index (χ2v) is 6.74. The zero-order chi connectivity index (χ0) is 17.6. The molecule has 0 spiro atoms. The van der Waals surface area contributed by atoms with Crippen LogP contribution >= 0.6 is 0 Å². The lowest BCUT2D eigenvalue weighted by molar-refractivity contribution is 0.0358. The number of benzene rings is 1. The third-order valence-electron chi connectivity index (χ3n) is 4.53. The summed E-state index contributed by atoms with van der Waals surface area (Å²) >= 11 is 0. The molecule has 1 saturated heterocycles. The Morgan fingerprint density at radius 2 is 2.00 bits per heavy atom. The van der Waals surface area contributed by atoms with Crippen molar-refractivity contribution in [1.29, 1.82) is 0 Å². The predicted octanol–water partition coefficient (Wildman–Crippen LogP) is 2.25. The van der Waals surface area contributed by atoms with Crippen LogP contribution in [0, 0.1) is 5.41 Å². The first-order valence-corrected chi connectivity index (χ1v) is 8.53. The number of hydrogen-bond donors (Lipinski definition) is 2.